The Labute approximate surface area is 193 Å². The van der Waals surface area contributed by atoms with Crippen molar-refractivity contribution in [2.45, 2.75) is 11.4 Å². The van der Waals surface area contributed by atoms with E-state index in [2.05, 4.69) is 15.1 Å². The van der Waals surface area contributed by atoms with Gasteiger partial charge in [-0.05, 0) is 48.2 Å². The van der Waals surface area contributed by atoms with Gasteiger partial charge in [-0.15, -0.1) is 11.8 Å². The first-order valence-electron chi connectivity index (χ1n) is 10.2. The zero-order valence-corrected chi connectivity index (χ0v) is 19.2. The molecule has 166 valence electrons. The highest BCUT2D eigenvalue weighted by Crippen LogP contribution is 2.29. The average molecular weight is 460 g/mol. The number of aryl methyl sites for hydroxylation is 1. The highest BCUT2D eigenvalue weighted by atomic mass is 32.2. The van der Waals surface area contributed by atoms with E-state index in [4.69, 9.17) is 9.26 Å². The van der Waals surface area contributed by atoms with Crippen molar-refractivity contribution in [2.75, 3.05) is 13.4 Å². The average Bonchev–Trinajstić information content (AvgIpc) is 3.45. The first-order valence-corrected chi connectivity index (χ1v) is 11.5. The third-order valence-corrected chi connectivity index (χ3v) is 6.19. The quantitative estimate of drug-likeness (QED) is 0.351. The minimum absolute atomic E-state index is 0.136. The lowest BCUT2D eigenvalue weighted by molar-refractivity contribution is 0.369. The molecule has 0 saturated heterocycles. The Balaban J connectivity index is 1.47. The van der Waals surface area contributed by atoms with E-state index in [1.807, 2.05) is 68.0 Å². The molecule has 5 rings (SSSR count). The Bertz CT molecular complexity index is 1500. The SMILES string of the molecule is COc1cccc(-c2cn(C)c3c(=O)n(Cc4nc(-c5ccc(SC)cc5)no4)cnc23)c1. The lowest BCUT2D eigenvalue weighted by Crippen LogP contribution is -2.22. The van der Waals surface area contributed by atoms with Crippen molar-refractivity contribution in [1.82, 2.24) is 24.3 Å². The molecule has 0 spiro atoms. The largest absolute Gasteiger partial charge is 0.497 e. The Hall–Kier alpha value is -3.85. The molecule has 0 aliphatic heterocycles. The van der Waals surface area contributed by atoms with Crippen LogP contribution in [-0.4, -0.2) is 37.6 Å². The molecule has 0 aliphatic carbocycles. The van der Waals surface area contributed by atoms with Gasteiger partial charge in [0.05, 0.1) is 13.4 Å². The molecule has 2 aromatic carbocycles. The van der Waals surface area contributed by atoms with Gasteiger partial charge in [-0.3, -0.25) is 9.36 Å². The first kappa shape index (κ1) is 21.0. The van der Waals surface area contributed by atoms with Gasteiger partial charge in [-0.25, -0.2) is 4.98 Å². The summed E-state index contributed by atoms with van der Waals surface area (Å²) < 4.78 is 14.0. The second kappa shape index (κ2) is 8.59. The number of benzene rings is 2. The summed E-state index contributed by atoms with van der Waals surface area (Å²) in [6.45, 7) is 0.136. The van der Waals surface area contributed by atoms with Crippen molar-refractivity contribution >= 4 is 22.8 Å². The number of fused-ring (bicyclic) bond motifs is 1. The fourth-order valence-electron chi connectivity index (χ4n) is 3.75. The fraction of sp³-hybridized carbons (Fsp3) is 0.167. The van der Waals surface area contributed by atoms with E-state index in [0.29, 0.717) is 22.7 Å². The summed E-state index contributed by atoms with van der Waals surface area (Å²) in [6, 6.07) is 15.6. The Morgan fingerprint density at radius 3 is 2.70 bits per heavy atom. The smallest absolute Gasteiger partial charge is 0.278 e. The Kier molecular flexibility index (Phi) is 5.47. The van der Waals surface area contributed by atoms with Crippen LogP contribution in [0.25, 0.3) is 33.5 Å². The van der Waals surface area contributed by atoms with Gasteiger partial charge < -0.3 is 13.8 Å². The van der Waals surface area contributed by atoms with Crippen LogP contribution in [0.2, 0.25) is 0 Å². The van der Waals surface area contributed by atoms with Gasteiger partial charge in [0.1, 0.15) is 23.3 Å². The second-order valence-electron chi connectivity index (χ2n) is 7.50. The summed E-state index contributed by atoms with van der Waals surface area (Å²) in [5.74, 6) is 1.57. The van der Waals surface area contributed by atoms with Gasteiger partial charge >= 0.3 is 0 Å². The highest BCUT2D eigenvalue weighted by molar-refractivity contribution is 7.98. The fourth-order valence-corrected chi connectivity index (χ4v) is 4.16. The maximum absolute atomic E-state index is 13.3. The van der Waals surface area contributed by atoms with Crippen LogP contribution in [0, 0.1) is 0 Å². The number of thioether (sulfide) groups is 1. The van der Waals surface area contributed by atoms with Crippen LogP contribution in [0.4, 0.5) is 0 Å². The molecule has 0 aliphatic rings. The second-order valence-corrected chi connectivity index (χ2v) is 8.38. The maximum atomic E-state index is 13.3. The van der Waals surface area contributed by atoms with E-state index in [1.54, 1.807) is 23.4 Å². The van der Waals surface area contributed by atoms with Crippen LogP contribution in [-0.2, 0) is 13.6 Å². The maximum Gasteiger partial charge on any atom is 0.278 e. The molecule has 0 N–H and O–H groups in total. The molecule has 0 unspecified atom stereocenters. The van der Waals surface area contributed by atoms with E-state index < -0.39 is 0 Å². The minimum atomic E-state index is -0.180. The molecule has 0 atom stereocenters. The summed E-state index contributed by atoms with van der Waals surface area (Å²) in [4.78, 5) is 23.4. The van der Waals surface area contributed by atoms with Crippen LogP contribution in [0.5, 0.6) is 5.75 Å². The number of ether oxygens (including phenoxy) is 1. The standard InChI is InChI=1S/C24H21N5O3S/c1-28-12-19(16-5-4-6-17(11-16)31-2)21-22(28)24(30)29(14-25-21)13-20-26-23(27-32-20)15-7-9-18(33-3)10-8-15/h4-12,14H,13H2,1-3H3. The van der Waals surface area contributed by atoms with Gasteiger partial charge in [0.2, 0.25) is 11.7 Å². The molecule has 9 heteroatoms. The number of aromatic nitrogens is 5. The molecule has 0 saturated carbocycles. The van der Waals surface area contributed by atoms with Crippen LogP contribution in [0.15, 0.2) is 75.3 Å². The molecule has 0 bridgehead atoms. The molecule has 0 fully saturated rings. The lowest BCUT2D eigenvalue weighted by Gasteiger charge is -2.04. The van der Waals surface area contributed by atoms with Crippen molar-refractivity contribution in [3.63, 3.8) is 0 Å². The zero-order chi connectivity index (χ0) is 22.9. The highest BCUT2D eigenvalue weighted by Gasteiger charge is 2.17. The van der Waals surface area contributed by atoms with Gasteiger partial charge in [0.25, 0.3) is 5.56 Å². The predicted octanol–water partition coefficient (Wildman–Crippen LogP) is 4.23. The summed E-state index contributed by atoms with van der Waals surface area (Å²) in [5.41, 5.74) is 3.60. The third-order valence-electron chi connectivity index (χ3n) is 5.45. The van der Waals surface area contributed by atoms with Crippen molar-refractivity contribution in [3.8, 4) is 28.3 Å². The van der Waals surface area contributed by atoms with Crippen molar-refractivity contribution in [1.29, 1.82) is 0 Å². The van der Waals surface area contributed by atoms with Gasteiger partial charge in [0.15, 0.2) is 0 Å². The number of nitrogens with zero attached hydrogens (tertiary/aromatic N) is 5. The van der Waals surface area contributed by atoms with E-state index in [9.17, 15) is 4.79 Å². The van der Waals surface area contributed by atoms with Crippen LogP contribution >= 0.6 is 11.8 Å². The molecule has 3 heterocycles. The van der Waals surface area contributed by atoms with E-state index >= 15 is 0 Å². The molecule has 8 nitrogen and oxygen atoms in total. The molecular formula is C24H21N5O3S. The number of methoxy groups -OCH3 is 1. The first-order chi connectivity index (χ1) is 16.1. The topological polar surface area (TPSA) is 88.0 Å². The van der Waals surface area contributed by atoms with E-state index in [0.717, 1.165) is 27.3 Å². The molecule has 3 aromatic heterocycles. The number of rotatable bonds is 6. The monoisotopic (exact) mass is 459 g/mol. The van der Waals surface area contributed by atoms with Gasteiger partial charge in [-0.2, -0.15) is 4.98 Å². The van der Waals surface area contributed by atoms with Gasteiger partial charge in [-0.1, -0.05) is 17.3 Å². The molecule has 5 aromatic rings. The number of hydrogen-bond donors (Lipinski definition) is 0. The Morgan fingerprint density at radius 2 is 1.94 bits per heavy atom. The summed E-state index contributed by atoms with van der Waals surface area (Å²) >= 11 is 1.67. The van der Waals surface area contributed by atoms with Crippen LogP contribution in [0.3, 0.4) is 0 Å². The molecule has 0 radical (unpaired) electrons. The Morgan fingerprint density at radius 1 is 1.12 bits per heavy atom. The summed E-state index contributed by atoms with van der Waals surface area (Å²) in [7, 11) is 3.46. The van der Waals surface area contributed by atoms with Crippen molar-refractivity contribution in [3.05, 3.63) is 77.3 Å². The van der Waals surface area contributed by atoms with Gasteiger partial charge in [0, 0.05) is 29.3 Å². The van der Waals surface area contributed by atoms with Crippen molar-refractivity contribution < 1.29 is 9.26 Å². The summed E-state index contributed by atoms with van der Waals surface area (Å²) in [6.07, 6.45) is 5.45. The molecule has 0 amide bonds. The predicted molar refractivity (Wildman–Crippen MR) is 128 cm³/mol. The molecular weight excluding hydrogens is 438 g/mol. The lowest BCUT2D eigenvalue weighted by atomic mass is 10.1. The van der Waals surface area contributed by atoms with Crippen molar-refractivity contribution in [2.24, 2.45) is 7.05 Å². The molecule has 33 heavy (non-hydrogen) atoms. The van der Waals surface area contributed by atoms with E-state index in [1.165, 1.54) is 10.9 Å². The normalized spacial score (nSPS) is 11.2. The third kappa shape index (κ3) is 3.91. The minimum Gasteiger partial charge on any atom is -0.497 e. The number of hydrogen-bond acceptors (Lipinski definition) is 7. The zero-order valence-electron chi connectivity index (χ0n) is 18.3. The van der Waals surface area contributed by atoms with Crippen LogP contribution in [0.1, 0.15) is 5.89 Å². The summed E-state index contributed by atoms with van der Waals surface area (Å²) in [5, 5.41) is 4.06. The van der Waals surface area contributed by atoms with Crippen LogP contribution < -0.4 is 10.3 Å². The van der Waals surface area contributed by atoms with E-state index in [-0.39, 0.29) is 12.1 Å².